The second-order valence-electron chi connectivity index (χ2n) is 6.07. The van der Waals surface area contributed by atoms with Crippen molar-refractivity contribution in [3.05, 3.63) is 59.7 Å². The summed E-state index contributed by atoms with van der Waals surface area (Å²) >= 11 is 0. The lowest BCUT2D eigenvalue weighted by Crippen LogP contribution is -2.24. The first kappa shape index (κ1) is 22.5. The van der Waals surface area contributed by atoms with Gasteiger partial charge in [0.05, 0.1) is 7.11 Å². The number of carbonyl (C=O) groups excluding carboxylic acids is 3. The fourth-order valence-electron chi connectivity index (χ4n) is 2.50. The summed E-state index contributed by atoms with van der Waals surface area (Å²) in [6, 6.07) is 11.7. The van der Waals surface area contributed by atoms with Crippen molar-refractivity contribution in [2.24, 2.45) is 0 Å². The average molecular weight is 412 g/mol. The van der Waals surface area contributed by atoms with Gasteiger partial charge in [-0.05, 0) is 42.8 Å². The first-order chi connectivity index (χ1) is 14.5. The highest BCUT2D eigenvalue weighted by Gasteiger charge is 2.12. The van der Waals surface area contributed by atoms with Crippen LogP contribution >= 0.6 is 0 Å². The molecule has 0 spiro atoms. The van der Waals surface area contributed by atoms with E-state index in [0.717, 1.165) is 5.56 Å². The summed E-state index contributed by atoms with van der Waals surface area (Å²) < 4.78 is 15.6. The molecule has 0 fully saturated rings. The Hall–Kier alpha value is -3.81. The van der Waals surface area contributed by atoms with Crippen LogP contribution in [0.4, 0.5) is 5.69 Å². The second-order valence-corrected chi connectivity index (χ2v) is 6.07. The maximum atomic E-state index is 12.0. The van der Waals surface area contributed by atoms with Crippen LogP contribution in [0.3, 0.4) is 0 Å². The molecule has 30 heavy (non-hydrogen) atoms. The molecule has 0 saturated heterocycles. The number of esters is 1. The zero-order valence-electron chi connectivity index (χ0n) is 17.1. The van der Waals surface area contributed by atoms with Gasteiger partial charge >= 0.3 is 5.97 Å². The molecule has 0 aliphatic heterocycles. The molecule has 0 radical (unpaired) electrons. The van der Waals surface area contributed by atoms with E-state index in [4.69, 9.17) is 14.2 Å². The molecule has 0 atom stereocenters. The highest BCUT2D eigenvalue weighted by Crippen LogP contribution is 2.28. The highest BCUT2D eigenvalue weighted by molar-refractivity contribution is 5.97. The van der Waals surface area contributed by atoms with Gasteiger partial charge in [-0.2, -0.15) is 0 Å². The number of hydrogen-bond acceptors (Lipinski definition) is 6. The number of ether oxygens (including phenoxy) is 3. The zero-order chi connectivity index (χ0) is 21.9. The Morgan fingerprint density at radius 1 is 1.03 bits per heavy atom. The van der Waals surface area contributed by atoms with E-state index in [1.54, 1.807) is 30.3 Å². The van der Waals surface area contributed by atoms with Crippen molar-refractivity contribution in [2.45, 2.75) is 6.92 Å². The van der Waals surface area contributed by atoms with Crippen molar-refractivity contribution in [1.29, 1.82) is 0 Å². The third-order valence-electron chi connectivity index (χ3n) is 3.89. The summed E-state index contributed by atoms with van der Waals surface area (Å²) in [6.07, 6.45) is 3.80. The lowest BCUT2D eigenvalue weighted by atomic mass is 10.2. The summed E-state index contributed by atoms with van der Waals surface area (Å²) in [4.78, 5) is 35.5. The average Bonchev–Trinajstić information content (AvgIpc) is 2.76. The first-order valence-electron chi connectivity index (χ1n) is 9.18. The number of nitrogens with one attached hydrogen (secondary N) is 2. The largest absolute Gasteiger partial charge is 0.493 e. The molecule has 8 heteroatoms. The van der Waals surface area contributed by atoms with E-state index in [2.05, 4.69) is 10.6 Å². The Balaban J connectivity index is 1.83. The number of amides is 2. The molecule has 2 N–H and O–H groups in total. The predicted molar refractivity (Wildman–Crippen MR) is 113 cm³/mol. The third-order valence-corrected chi connectivity index (χ3v) is 3.89. The maximum Gasteiger partial charge on any atom is 0.344 e. The lowest BCUT2D eigenvalue weighted by Gasteiger charge is -2.11. The fourth-order valence-corrected chi connectivity index (χ4v) is 2.50. The topological polar surface area (TPSA) is 103 Å². The van der Waals surface area contributed by atoms with Gasteiger partial charge in [0, 0.05) is 18.3 Å². The Kier molecular flexibility index (Phi) is 8.43. The number of hydrogen-bond donors (Lipinski definition) is 2. The van der Waals surface area contributed by atoms with Crippen molar-refractivity contribution in [3.8, 4) is 11.5 Å². The number of allylic oxidation sites excluding steroid dienone is 1. The molecule has 158 valence electrons. The smallest absolute Gasteiger partial charge is 0.344 e. The summed E-state index contributed by atoms with van der Waals surface area (Å²) in [5.41, 5.74) is 1.75. The molecule has 0 aliphatic carbocycles. The van der Waals surface area contributed by atoms with Gasteiger partial charge < -0.3 is 24.8 Å². The number of benzene rings is 2. The molecular formula is C22H24N2O6. The third kappa shape index (κ3) is 6.66. The fraction of sp³-hybridized carbons (Fsp3) is 0.227. The Morgan fingerprint density at radius 3 is 2.53 bits per heavy atom. The molecule has 0 aliphatic rings. The van der Waals surface area contributed by atoms with Gasteiger partial charge in [0.25, 0.3) is 11.8 Å². The van der Waals surface area contributed by atoms with Gasteiger partial charge in [-0.25, -0.2) is 4.79 Å². The molecule has 8 nitrogen and oxygen atoms in total. The number of carbonyl (C=O) groups is 3. The van der Waals surface area contributed by atoms with Gasteiger partial charge in [-0.3, -0.25) is 9.59 Å². The summed E-state index contributed by atoms with van der Waals surface area (Å²) in [7, 11) is 3.02. The Morgan fingerprint density at radius 2 is 1.83 bits per heavy atom. The van der Waals surface area contributed by atoms with E-state index in [1.165, 1.54) is 20.2 Å². The van der Waals surface area contributed by atoms with E-state index >= 15 is 0 Å². The highest BCUT2D eigenvalue weighted by atomic mass is 16.6. The van der Waals surface area contributed by atoms with Crippen LogP contribution in [0.5, 0.6) is 11.5 Å². The van der Waals surface area contributed by atoms with E-state index in [-0.39, 0.29) is 12.5 Å². The molecular weight excluding hydrogens is 388 g/mol. The molecule has 2 aromatic carbocycles. The Bertz CT molecular complexity index is 939. The van der Waals surface area contributed by atoms with Crippen molar-refractivity contribution in [3.63, 3.8) is 0 Å². The van der Waals surface area contributed by atoms with Crippen LogP contribution in [-0.2, 0) is 14.3 Å². The van der Waals surface area contributed by atoms with Gasteiger partial charge in [-0.15, -0.1) is 0 Å². The van der Waals surface area contributed by atoms with Gasteiger partial charge in [-0.1, -0.05) is 24.3 Å². The minimum absolute atomic E-state index is 0.274. The zero-order valence-corrected chi connectivity index (χ0v) is 17.1. The van der Waals surface area contributed by atoms with Crippen LogP contribution in [0, 0.1) is 0 Å². The molecule has 0 bridgehead atoms. The summed E-state index contributed by atoms with van der Waals surface area (Å²) in [5.74, 6) is -0.649. The Labute approximate surface area is 174 Å². The van der Waals surface area contributed by atoms with Crippen molar-refractivity contribution >= 4 is 29.5 Å². The van der Waals surface area contributed by atoms with Crippen LogP contribution in [0.1, 0.15) is 22.8 Å². The summed E-state index contributed by atoms with van der Waals surface area (Å²) in [5, 5.41) is 5.06. The molecule has 2 aromatic rings. The van der Waals surface area contributed by atoms with E-state index in [9.17, 15) is 14.4 Å². The molecule has 0 saturated carbocycles. The van der Waals surface area contributed by atoms with E-state index < -0.39 is 18.5 Å². The standard InChI is InChI=1S/C22H24N2O6/c1-4-6-15-9-10-18(19(11-15)28-3)29-14-21(26)30-13-20(25)24-17-8-5-7-16(12-17)22(27)23-2/h4-12H,13-14H2,1-3H3,(H,23,27)(H,24,25)/b6-4+. The number of rotatable bonds is 9. The van der Waals surface area contributed by atoms with Crippen molar-refractivity contribution < 1.29 is 28.6 Å². The molecule has 2 amide bonds. The van der Waals surface area contributed by atoms with Crippen LogP contribution in [0.2, 0.25) is 0 Å². The predicted octanol–water partition coefficient (Wildman–Crippen LogP) is 2.65. The maximum absolute atomic E-state index is 12.0. The van der Waals surface area contributed by atoms with Gasteiger partial charge in [0.2, 0.25) is 0 Å². The normalized spacial score (nSPS) is 10.4. The lowest BCUT2D eigenvalue weighted by molar-refractivity contribution is -0.149. The van der Waals surface area contributed by atoms with Crippen molar-refractivity contribution in [2.75, 3.05) is 32.7 Å². The minimum atomic E-state index is -0.705. The molecule has 0 aromatic heterocycles. The molecule has 0 unspecified atom stereocenters. The van der Waals surface area contributed by atoms with Gasteiger partial charge in [0.1, 0.15) is 0 Å². The first-order valence-corrected chi connectivity index (χ1v) is 9.18. The van der Waals surface area contributed by atoms with Crippen LogP contribution in [0.15, 0.2) is 48.5 Å². The number of anilines is 1. The van der Waals surface area contributed by atoms with E-state index in [1.807, 2.05) is 25.1 Å². The quantitative estimate of drug-likeness (QED) is 0.614. The SMILES string of the molecule is C/C=C/c1ccc(OCC(=O)OCC(=O)Nc2cccc(C(=O)NC)c2)c(OC)c1. The number of methoxy groups -OCH3 is 1. The van der Waals surface area contributed by atoms with Crippen LogP contribution in [-0.4, -0.2) is 45.2 Å². The van der Waals surface area contributed by atoms with E-state index in [0.29, 0.717) is 22.7 Å². The molecule has 0 heterocycles. The van der Waals surface area contributed by atoms with Gasteiger partial charge in [0.15, 0.2) is 24.7 Å². The second kappa shape index (κ2) is 11.3. The van der Waals surface area contributed by atoms with Crippen molar-refractivity contribution in [1.82, 2.24) is 5.32 Å². The summed E-state index contributed by atoms with van der Waals surface area (Å²) in [6.45, 7) is 1.05. The monoisotopic (exact) mass is 412 g/mol. The molecule has 2 rings (SSSR count). The minimum Gasteiger partial charge on any atom is -0.493 e. The van der Waals surface area contributed by atoms with Crippen LogP contribution < -0.4 is 20.1 Å². The van der Waals surface area contributed by atoms with Crippen LogP contribution in [0.25, 0.3) is 6.08 Å².